The van der Waals surface area contributed by atoms with Gasteiger partial charge in [0.1, 0.15) is 0 Å². The average Bonchev–Trinajstić information content (AvgIpc) is 3.32. The summed E-state index contributed by atoms with van der Waals surface area (Å²) in [4.78, 5) is 22.6. The van der Waals surface area contributed by atoms with E-state index in [1.54, 1.807) is 6.08 Å². The molecular formula is C21H34O3. The van der Waals surface area contributed by atoms with Crippen LogP contribution in [0, 0.1) is 11.8 Å². The van der Waals surface area contributed by atoms with Crippen LogP contribution in [0.5, 0.6) is 0 Å². The Bertz CT molecular complexity index is 423. The summed E-state index contributed by atoms with van der Waals surface area (Å²) in [5, 5.41) is 0. The normalized spacial score (nSPS) is 19.9. The van der Waals surface area contributed by atoms with Gasteiger partial charge in [0, 0.05) is 12.8 Å². The van der Waals surface area contributed by atoms with Crippen LogP contribution >= 0.6 is 0 Å². The van der Waals surface area contributed by atoms with Gasteiger partial charge in [-0.2, -0.15) is 0 Å². The second-order valence-corrected chi connectivity index (χ2v) is 6.83. The molecule has 136 valence electrons. The van der Waals surface area contributed by atoms with Gasteiger partial charge in [0.2, 0.25) is 0 Å². The minimum absolute atomic E-state index is 0.124. The van der Waals surface area contributed by atoms with E-state index in [4.69, 9.17) is 0 Å². The molecule has 1 aliphatic carbocycles. The van der Waals surface area contributed by atoms with Crippen molar-refractivity contribution in [2.75, 3.05) is 7.11 Å². The zero-order valence-corrected chi connectivity index (χ0v) is 15.5. The lowest BCUT2D eigenvalue weighted by atomic mass is 10.1. The van der Waals surface area contributed by atoms with Gasteiger partial charge in [0.05, 0.1) is 7.11 Å². The van der Waals surface area contributed by atoms with Crippen molar-refractivity contribution < 1.29 is 14.3 Å². The monoisotopic (exact) mass is 334 g/mol. The standard InChI is InChI=1S/C21H34O3/c1-3-4-8-14-20(22)15-11-13-19-17-18(19)12-9-6-5-7-10-16-21(23)24-2/h5-6,11,15,18-19H,3-4,7-10,12-14,16-17H2,1-2H3/b6-5+,15-11+. The molecule has 3 heteroatoms. The third-order valence-corrected chi connectivity index (χ3v) is 4.69. The smallest absolute Gasteiger partial charge is 0.305 e. The number of rotatable bonds is 14. The maximum atomic E-state index is 11.6. The molecule has 0 bridgehead atoms. The second kappa shape index (κ2) is 13.0. The average molecular weight is 335 g/mol. The van der Waals surface area contributed by atoms with Crippen LogP contribution in [0.2, 0.25) is 0 Å². The van der Waals surface area contributed by atoms with E-state index in [2.05, 4.69) is 29.9 Å². The van der Waals surface area contributed by atoms with E-state index < -0.39 is 0 Å². The fourth-order valence-electron chi connectivity index (χ4n) is 2.97. The summed E-state index contributed by atoms with van der Waals surface area (Å²) >= 11 is 0. The Morgan fingerprint density at radius 2 is 1.79 bits per heavy atom. The zero-order chi connectivity index (χ0) is 17.6. The van der Waals surface area contributed by atoms with Crippen LogP contribution in [0.3, 0.4) is 0 Å². The summed E-state index contributed by atoms with van der Waals surface area (Å²) in [7, 11) is 1.43. The lowest BCUT2D eigenvalue weighted by molar-refractivity contribution is -0.140. The Hall–Kier alpha value is -1.38. The van der Waals surface area contributed by atoms with E-state index in [9.17, 15) is 9.59 Å². The lowest BCUT2D eigenvalue weighted by Gasteiger charge is -1.97. The zero-order valence-electron chi connectivity index (χ0n) is 15.5. The summed E-state index contributed by atoms with van der Waals surface area (Å²) in [5.41, 5.74) is 0. The Kier molecular flexibility index (Phi) is 11.2. The van der Waals surface area contributed by atoms with Gasteiger partial charge in [0.25, 0.3) is 0 Å². The summed E-state index contributed by atoms with van der Waals surface area (Å²) in [6.45, 7) is 2.16. The molecule has 0 aromatic carbocycles. The van der Waals surface area contributed by atoms with Crippen LogP contribution < -0.4 is 0 Å². The molecule has 0 N–H and O–H groups in total. The molecule has 1 rings (SSSR count). The predicted molar refractivity (Wildman–Crippen MR) is 98.7 cm³/mol. The summed E-state index contributed by atoms with van der Waals surface area (Å²) < 4.78 is 4.61. The van der Waals surface area contributed by atoms with Gasteiger partial charge in [-0.25, -0.2) is 0 Å². The first-order valence-corrected chi connectivity index (χ1v) is 9.58. The number of hydrogen-bond donors (Lipinski definition) is 0. The van der Waals surface area contributed by atoms with Gasteiger partial charge < -0.3 is 4.74 Å². The van der Waals surface area contributed by atoms with Gasteiger partial charge in [-0.3, -0.25) is 9.59 Å². The van der Waals surface area contributed by atoms with E-state index in [0.29, 0.717) is 12.8 Å². The van der Waals surface area contributed by atoms with Crippen molar-refractivity contribution >= 4 is 11.8 Å². The molecule has 0 amide bonds. The molecule has 0 heterocycles. The van der Waals surface area contributed by atoms with E-state index in [1.807, 2.05) is 0 Å². The number of ether oxygens (including phenoxy) is 1. The maximum Gasteiger partial charge on any atom is 0.305 e. The van der Waals surface area contributed by atoms with Crippen molar-refractivity contribution in [1.29, 1.82) is 0 Å². The van der Waals surface area contributed by atoms with Crippen molar-refractivity contribution in [2.24, 2.45) is 11.8 Å². The summed E-state index contributed by atoms with van der Waals surface area (Å²) in [6.07, 6.45) is 19.4. The molecule has 0 aromatic rings. The highest BCUT2D eigenvalue weighted by molar-refractivity contribution is 5.89. The molecule has 0 aromatic heterocycles. The molecule has 3 nitrogen and oxygen atoms in total. The van der Waals surface area contributed by atoms with Crippen molar-refractivity contribution in [3.05, 3.63) is 24.3 Å². The minimum atomic E-state index is -0.124. The molecule has 0 radical (unpaired) electrons. The van der Waals surface area contributed by atoms with Gasteiger partial charge >= 0.3 is 5.97 Å². The summed E-state index contributed by atoms with van der Waals surface area (Å²) in [5.74, 6) is 1.79. The second-order valence-electron chi connectivity index (χ2n) is 6.83. The highest BCUT2D eigenvalue weighted by Gasteiger charge is 2.34. The number of methoxy groups -OCH3 is 1. The Morgan fingerprint density at radius 1 is 1.00 bits per heavy atom. The number of carbonyl (C=O) groups is 2. The van der Waals surface area contributed by atoms with E-state index in [1.165, 1.54) is 26.4 Å². The fraction of sp³-hybridized carbons (Fsp3) is 0.714. The van der Waals surface area contributed by atoms with Crippen LogP contribution in [0.25, 0.3) is 0 Å². The number of carbonyl (C=O) groups excluding carboxylic acids is 2. The van der Waals surface area contributed by atoms with E-state index in [0.717, 1.165) is 50.4 Å². The predicted octanol–water partition coefficient (Wildman–Crippen LogP) is 5.40. The molecule has 0 spiro atoms. The highest BCUT2D eigenvalue weighted by Crippen LogP contribution is 2.44. The van der Waals surface area contributed by atoms with Crippen LogP contribution in [-0.4, -0.2) is 18.9 Å². The highest BCUT2D eigenvalue weighted by atomic mass is 16.5. The van der Waals surface area contributed by atoms with Gasteiger partial charge in [-0.15, -0.1) is 0 Å². The number of hydrogen-bond acceptors (Lipinski definition) is 3. The molecule has 2 unspecified atom stereocenters. The first-order chi connectivity index (χ1) is 11.7. The Morgan fingerprint density at radius 3 is 2.54 bits per heavy atom. The Labute approximate surface area is 147 Å². The largest absolute Gasteiger partial charge is 0.469 e. The van der Waals surface area contributed by atoms with Crippen LogP contribution in [0.4, 0.5) is 0 Å². The van der Waals surface area contributed by atoms with E-state index >= 15 is 0 Å². The molecule has 1 aliphatic rings. The fourth-order valence-corrected chi connectivity index (χ4v) is 2.97. The molecule has 1 saturated carbocycles. The third kappa shape index (κ3) is 10.4. The molecule has 0 aliphatic heterocycles. The minimum Gasteiger partial charge on any atom is -0.469 e. The Balaban J connectivity index is 1.97. The summed E-state index contributed by atoms with van der Waals surface area (Å²) in [6, 6.07) is 0. The van der Waals surface area contributed by atoms with Crippen molar-refractivity contribution in [3.63, 3.8) is 0 Å². The first kappa shape index (κ1) is 20.7. The first-order valence-electron chi connectivity index (χ1n) is 9.58. The van der Waals surface area contributed by atoms with Gasteiger partial charge in [-0.05, 0) is 62.9 Å². The molecular weight excluding hydrogens is 300 g/mol. The quantitative estimate of drug-likeness (QED) is 0.185. The number of esters is 1. The number of ketones is 1. The van der Waals surface area contributed by atoms with Crippen molar-refractivity contribution in [3.8, 4) is 0 Å². The molecule has 24 heavy (non-hydrogen) atoms. The molecule has 2 atom stereocenters. The lowest BCUT2D eigenvalue weighted by Crippen LogP contribution is -1.98. The maximum absolute atomic E-state index is 11.6. The number of unbranched alkanes of at least 4 members (excludes halogenated alkanes) is 3. The molecule has 1 fully saturated rings. The van der Waals surface area contributed by atoms with Crippen molar-refractivity contribution in [1.82, 2.24) is 0 Å². The topological polar surface area (TPSA) is 43.4 Å². The van der Waals surface area contributed by atoms with Gasteiger partial charge in [-0.1, -0.05) is 38.0 Å². The SMILES string of the molecule is CCCCCC(=O)/C=C/CC1CC1CC/C=C/CCCC(=O)OC. The third-order valence-electron chi connectivity index (χ3n) is 4.69. The molecule has 0 saturated heterocycles. The van der Waals surface area contributed by atoms with E-state index in [-0.39, 0.29) is 11.8 Å². The number of allylic oxidation sites excluding steroid dienone is 4. The van der Waals surface area contributed by atoms with Crippen LogP contribution in [-0.2, 0) is 14.3 Å². The van der Waals surface area contributed by atoms with Gasteiger partial charge in [0.15, 0.2) is 5.78 Å². The van der Waals surface area contributed by atoms with Crippen LogP contribution in [0.15, 0.2) is 24.3 Å². The van der Waals surface area contributed by atoms with Crippen molar-refractivity contribution in [2.45, 2.75) is 77.6 Å². The van der Waals surface area contributed by atoms with Crippen LogP contribution in [0.1, 0.15) is 77.6 Å².